The molecular formula is C54H93NO3. The summed E-state index contributed by atoms with van der Waals surface area (Å²) >= 11 is 0. The number of hydrogen-bond acceptors (Lipinski definition) is 3. The van der Waals surface area contributed by atoms with Gasteiger partial charge in [-0.2, -0.15) is 0 Å². The van der Waals surface area contributed by atoms with Gasteiger partial charge in [0.15, 0.2) is 0 Å². The molecule has 0 rings (SSSR count). The fourth-order valence-electron chi connectivity index (χ4n) is 6.84. The Balaban J connectivity index is 3.56. The van der Waals surface area contributed by atoms with E-state index in [-0.39, 0.29) is 12.5 Å². The van der Waals surface area contributed by atoms with E-state index < -0.39 is 12.1 Å². The van der Waals surface area contributed by atoms with Crippen molar-refractivity contribution in [2.24, 2.45) is 0 Å². The lowest BCUT2D eigenvalue weighted by atomic mass is 10.0. The number of unbranched alkanes of at least 4 members (excludes halogenated alkanes) is 22. The molecule has 2 atom stereocenters. The summed E-state index contributed by atoms with van der Waals surface area (Å²) in [6.45, 7) is 4.16. The topological polar surface area (TPSA) is 69.6 Å². The van der Waals surface area contributed by atoms with Crippen molar-refractivity contribution < 1.29 is 15.0 Å². The van der Waals surface area contributed by atoms with Gasteiger partial charge in [-0.15, -0.1) is 0 Å². The van der Waals surface area contributed by atoms with Crippen LogP contribution in [0, 0.1) is 0 Å². The van der Waals surface area contributed by atoms with Crippen molar-refractivity contribution in [3.05, 3.63) is 97.2 Å². The van der Waals surface area contributed by atoms with E-state index in [1.807, 2.05) is 6.08 Å². The highest BCUT2D eigenvalue weighted by molar-refractivity contribution is 5.76. The molecule has 4 nitrogen and oxygen atoms in total. The minimum absolute atomic E-state index is 0.0790. The number of hydrogen-bond donors (Lipinski definition) is 3. The summed E-state index contributed by atoms with van der Waals surface area (Å²) in [5.74, 6) is -0.0790. The zero-order valence-corrected chi connectivity index (χ0v) is 38.0. The molecule has 0 aromatic carbocycles. The first-order valence-corrected chi connectivity index (χ1v) is 24.5. The van der Waals surface area contributed by atoms with E-state index in [4.69, 9.17) is 0 Å². The fourth-order valence-corrected chi connectivity index (χ4v) is 6.84. The molecule has 0 aromatic heterocycles. The molecule has 0 aromatic rings. The van der Waals surface area contributed by atoms with Crippen LogP contribution in [0.1, 0.15) is 219 Å². The Morgan fingerprint density at radius 2 is 0.776 bits per heavy atom. The number of amides is 1. The maximum Gasteiger partial charge on any atom is 0.220 e. The van der Waals surface area contributed by atoms with E-state index in [0.29, 0.717) is 6.42 Å². The van der Waals surface area contributed by atoms with E-state index in [1.54, 1.807) is 6.08 Å². The lowest BCUT2D eigenvalue weighted by Gasteiger charge is -2.19. The van der Waals surface area contributed by atoms with Gasteiger partial charge in [-0.3, -0.25) is 4.79 Å². The molecule has 0 aliphatic heterocycles. The number of carbonyl (C=O) groups is 1. The quantitative estimate of drug-likeness (QED) is 0.0425. The Morgan fingerprint density at radius 3 is 1.21 bits per heavy atom. The molecule has 0 bridgehead atoms. The maximum atomic E-state index is 12.4. The number of rotatable bonds is 43. The van der Waals surface area contributed by atoms with Crippen LogP contribution >= 0.6 is 0 Å². The number of aliphatic hydroxyl groups excluding tert-OH is 2. The van der Waals surface area contributed by atoms with Gasteiger partial charge in [-0.05, 0) is 83.5 Å². The van der Waals surface area contributed by atoms with Gasteiger partial charge < -0.3 is 15.5 Å². The van der Waals surface area contributed by atoms with Crippen molar-refractivity contribution in [3.8, 4) is 0 Å². The highest BCUT2D eigenvalue weighted by Gasteiger charge is 2.17. The molecule has 0 saturated heterocycles. The Morgan fingerprint density at radius 1 is 0.431 bits per heavy atom. The molecule has 0 fully saturated rings. The smallest absolute Gasteiger partial charge is 0.220 e. The maximum absolute atomic E-state index is 12.4. The molecule has 332 valence electrons. The number of nitrogens with one attached hydrogen (secondary N) is 1. The van der Waals surface area contributed by atoms with Crippen LogP contribution in [0.2, 0.25) is 0 Å². The number of carbonyl (C=O) groups excluding carboxylic acids is 1. The summed E-state index contributed by atoms with van der Waals surface area (Å²) in [6, 6.07) is -0.643. The molecule has 0 spiro atoms. The predicted octanol–water partition coefficient (Wildman–Crippen LogP) is 15.8. The van der Waals surface area contributed by atoms with Crippen LogP contribution in [-0.4, -0.2) is 34.9 Å². The van der Waals surface area contributed by atoms with Gasteiger partial charge in [0.1, 0.15) is 0 Å². The monoisotopic (exact) mass is 804 g/mol. The van der Waals surface area contributed by atoms with Crippen LogP contribution in [0.3, 0.4) is 0 Å². The van der Waals surface area contributed by atoms with E-state index >= 15 is 0 Å². The average Bonchev–Trinajstić information content (AvgIpc) is 3.23. The SMILES string of the molecule is CC/C=C\C/C=C\C/C=C\C/C=C\C/C=C\C/C=C\CCCCCCCCCCCCCCCCC(=O)NC(CO)C(O)/C=C/CC/C=C/CCCCCCCCC. The van der Waals surface area contributed by atoms with Gasteiger partial charge >= 0.3 is 0 Å². The van der Waals surface area contributed by atoms with Crippen molar-refractivity contribution in [3.63, 3.8) is 0 Å². The first kappa shape index (κ1) is 55.3. The molecule has 0 saturated carbocycles. The summed E-state index contributed by atoms with van der Waals surface area (Å²) in [6.07, 6.45) is 72.5. The van der Waals surface area contributed by atoms with E-state index in [9.17, 15) is 15.0 Å². The van der Waals surface area contributed by atoms with Crippen LogP contribution < -0.4 is 5.32 Å². The first-order chi connectivity index (χ1) is 28.7. The van der Waals surface area contributed by atoms with Gasteiger partial charge in [0.2, 0.25) is 5.91 Å². The second kappa shape index (κ2) is 48.7. The summed E-state index contributed by atoms with van der Waals surface area (Å²) in [7, 11) is 0. The summed E-state index contributed by atoms with van der Waals surface area (Å²) in [5, 5.41) is 23.0. The molecule has 4 heteroatoms. The zero-order valence-electron chi connectivity index (χ0n) is 38.0. The van der Waals surface area contributed by atoms with Crippen LogP contribution in [-0.2, 0) is 4.79 Å². The van der Waals surface area contributed by atoms with Crippen molar-refractivity contribution in [1.82, 2.24) is 5.32 Å². The summed E-state index contributed by atoms with van der Waals surface area (Å²) in [4.78, 5) is 12.4. The molecule has 3 N–H and O–H groups in total. The normalized spacial score (nSPS) is 13.8. The lowest BCUT2D eigenvalue weighted by molar-refractivity contribution is -0.123. The Bertz CT molecular complexity index is 1090. The Labute approximate surface area is 360 Å². The zero-order chi connectivity index (χ0) is 42.1. The molecular weight excluding hydrogens is 711 g/mol. The first-order valence-electron chi connectivity index (χ1n) is 24.5. The van der Waals surface area contributed by atoms with Gasteiger partial charge in [0.05, 0.1) is 18.8 Å². The molecule has 0 aliphatic carbocycles. The standard InChI is InChI=1S/C54H93NO3/c1-3-5-7-9-11-13-15-17-18-19-20-21-22-23-24-25-26-27-28-29-30-31-32-33-34-35-36-38-40-42-44-46-48-50-54(58)55-52(51-56)53(57)49-47-45-43-41-39-37-16-14-12-10-8-6-4-2/h5,7,11,13,17-18,20-21,23-24,26-27,39,41,47,49,52-53,56-57H,3-4,6,8-10,12,14-16,19,22,25,28-38,40,42-46,48,50-51H2,1-2H3,(H,55,58)/b7-5-,13-11-,18-17-,21-20-,24-23-,27-26-,41-39+,49-47+. The van der Waals surface area contributed by atoms with Gasteiger partial charge in [0.25, 0.3) is 0 Å². The van der Waals surface area contributed by atoms with Crippen LogP contribution in [0.5, 0.6) is 0 Å². The second-order valence-electron chi connectivity index (χ2n) is 16.1. The number of allylic oxidation sites excluding steroid dienone is 15. The second-order valence-corrected chi connectivity index (χ2v) is 16.1. The van der Waals surface area contributed by atoms with E-state index in [0.717, 1.165) is 70.6 Å². The van der Waals surface area contributed by atoms with Crippen molar-refractivity contribution in [1.29, 1.82) is 0 Å². The minimum Gasteiger partial charge on any atom is -0.394 e. The lowest BCUT2D eigenvalue weighted by Crippen LogP contribution is -2.45. The predicted molar refractivity (Wildman–Crippen MR) is 257 cm³/mol. The Hall–Kier alpha value is -2.69. The Kier molecular flexibility index (Phi) is 46.4. The summed E-state index contributed by atoms with van der Waals surface area (Å²) in [5.41, 5.74) is 0. The molecule has 0 heterocycles. The van der Waals surface area contributed by atoms with Crippen LogP contribution in [0.25, 0.3) is 0 Å². The minimum atomic E-state index is -0.866. The molecule has 58 heavy (non-hydrogen) atoms. The van der Waals surface area contributed by atoms with Crippen LogP contribution in [0.15, 0.2) is 97.2 Å². The third kappa shape index (κ3) is 44.4. The largest absolute Gasteiger partial charge is 0.394 e. The van der Waals surface area contributed by atoms with Gasteiger partial charge in [-0.25, -0.2) is 0 Å². The highest BCUT2D eigenvalue weighted by Crippen LogP contribution is 2.14. The highest BCUT2D eigenvalue weighted by atomic mass is 16.3. The van der Waals surface area contributed by atoms with Gasteiger partial charge in [-0.1, -0.05) is 227 Å². The van der Waals surface area contributed by atoms with Gasteiger partial charge in [0, 0.05) is 6.42 Å². The molecule has 0 aliphatic rings. The van der Waals surface area contributed by atoms with E-state index in [2.05, 4.69) is 104 Å². The summed E-state index contributed by atoms with van der Waals surface area (Å²) < 4.78 is 0. The number of aliphatic hydroxyl groups is 2. The van der Waals surface area contributed by atoms with E-state index in [1.165, 1.54) is 128 Å². The average molecular weight is 804 g/mol. The molecule has 0 radical (unpaired) electrons. The molecule has 1 amide bonds. The van der Waals surface area contributed by atoms with Crippen LogP contribution in [0.4, 0.5) is 0 Å². The third-order valence-corrected chi connectivity index (χ3v) is 10.6. The van der Waals surface area contributed by atoms with Crippen molar-refractivity contribution >= 4 is 5.91 Å². The molecule has 2 unspecified atom stereocenters. The van der Waals surface area contributed by atoms with Crippen molar-refractivity contribution in [2.45, 2.75) is 231 Å². The fraction of sp³-hybridized carbons (Fsp3) is 0.685. The third-order valence-electron chi connectivity index (χ3n) is 10.6. The van der Waals surface area contributed by atoms with Crippen molar-refractivity contribution in [2.75, 3.05) is 6.61 Å².